The van der Waals surface area contributed by atoms with E-state index in [1.165, 1.54) is 5.56 Å². The number of piperidine rings is 1. The normalized spacial score (nSPS) is 21.5. The molecular weight excluding hydrogens is 526 g/mol. The van der Waals surface area contributed by atoms with Gasteiger partial charge in [-0.25, -0.2) is 0 Å². The monoisotopic (exact) mass is 573 g/mol. The van der Waals surface area contributed by atoms with Crippen molar-refractivity contribution < 1.29 is 23.8 Å². The fourth-order valence-electron chi connectivity index (χ4n) is 7.38. The number of likely N-dealkylation sites (tertiary alicyclic amines) is 1. The molecule has 0 radical (unpaired) electrons. The summed E-state index contributed by atoms with van der Waals surface area (Å²) < 4.78 is 18.9. The number of hydrogen-bond donors (Lipinski definition) is 1. The van der Waals surface area contributed by atoms with Crippen molar-refractivity contribution in [1.82, 2.24) is 4.90 Å². The van der Waals surface area contributed by atoms with Gasteiger partial charge >= 0.3 is 5.97 Å². The van der Waals surface area contributed by atoms with Crippen LogP contribution in [-0.2, 0) is 24.2 Å². The smallest absolute Gasteiger partial charge is 0.306 e. The van der Waals surface area contributed by atoms with Crippen LogP contribution < -0.4 is 9.47 Å². The van der Waals surface area contributed by atoms with Crippen molar-refractivity contribution in [3.63, 3.8) is 0 Å². The van der Waals surface area contributed by atoms with E-state index in [1.54, 1.807) is 7.11 Å². The van der Waals surface area contributed by atoms with Gasteiger partial charge in [0.1, 0.15) is 28.9 Å². The Morgan fingerprint density at radius 1 is 1.07 bits per heavy atom. The molecule has 1 saturated heterocycles. The summed E-state index contributed by atoms with van der Waals surface area (Å²) >= 11 is 0. The van der Waals surface area contributed by atoms with Crippen LogP contribution in [0.5, 0.6) is 11.5 Å². The zero-order valence-corrected chi connectivity index (χ0v) is 25.9. The molecule has 2 aliphatic heterocycles. The van der Waals surface area contributed by atoms with Crippen molar-refractivity contribution in [2.45, 2.75) is 91.2 Å². The standard InChI is InChI=1S/C36H47NO5/c1-22(35(38)39)33(25-7-8-25)26-9-6-23-10-12-30(42-32(23)19-26)24-14-16-37(17-15-24)21-29-31(40-5)13-11-27-18-28(41-34(27)29)20-36(2,3)4/h6,9,11,13,18-19,22,24-25,30,33H,7-8,10,12,14-17,20-21H2,1-5H3,(H,38,39)/t22-,30+,33-/m0/s1. The predicted molar refractivity (Wildman–Crippen MR) is 165 cm³/mol. The van der Waals surface area contributed by atoms with Gasteiger partial charge in [0.15, 0.2) is 0 Å². The average molecular weight is 574 g/mol. The van der Waals surface area contributed by atoms with Crippen molar-refractivity contribution in [2.75, 3.05) is 20.2 Å². The molecule has 2 fully saturated rings. The number of carboxylic acid groups (broad SMARTS) is 1. The zero-order chi connectivity index (χ0) is 29.6. The van der Waals surface area contributed by atoms with Crippen LogP contribution >= 0.6 is 0 Å². The van der Waals surface area contributed by atoms with E-state index in [9.17, 15) is 9.90 Å². The van der Waals surface area contributed by atoms with Crippen LogP contribution in [-0.4, -0.2) is 42.3 Å². The second kappa shape index (κ2) is 11.6. The van der Waals surface area contributed by atoms with Crippen molar-refractivity contribution in [1.29, 1.82) is 0 Å². The van der Waals surface area contributed by atoms with E-state index in [2.05, 4.69) is 62.1 Å². The summed E-state index contributed by atoms with van der Waals surface area (Å²) in [5.74, 6) is 2.89. The van der Waals surface area contributed by atoms with Gasteiger partial charge in [0.2, 0.25) is 0 Å². The van der Waals surface area contributed by atoms with Crippen molar-refractivity contribution in [3.8, 4) is 11.5 Å². The third-order valence-corrected chi connectivity index (χ3v) is 9.77. The maximum Gasteiger partial charge on any atom is 0.306 e. The van der Waals surface area contributed by atoms with E-state index in [0.717, 1.165) is 104 Å². The van der Waals surface area contributed by atoms with Crippen LogP contribution in [0.15, 0.2) is 40.8 Å². The number of methoxy groups -OCH3 is 1. The van der Waals surface area contributed by atoms with E-state index in [0.29, 0.717) is 11.8 Å². The lowest BCUT2D eigenvalue weighted by atomic mass is 9.81. The number of nitrogens with zero attached hydrogens (tertiary/aromatic N) is 1. The number of benzene rings is 2. The lowest BCUT2D eigenvalue weighted by Gasteiger charge is -2.38. The van der Waals surface area contributed by atoms with E-state index < -0.39 is 5.97 Å². The predicted octanol–water partition coefficient (Wildman–Crippen LogP) is 7.85. The number of carbonyl (C=O) groups is 1. The van der Waals surface area contributed by atoms with E-state index >= 15 is 0 Å². The highest BCUT2D eigenvalue weighted by Gasteiger charge is 2.39. The zero-order valence-electron chi connectivity index (χ0n) is 25.9. The summed E-state index contributed by atoms with van der Waals surface area (Å²) in [6.07, 6.45) is 7.65. The second-order valence-electron chi connectivity index (χ2n) is 14.3. The van der Waals surface area contributed by atoms with E-state index in [4.69, 9.17) is 13.9 Å². The van der Waals surface area contributed by atoms with Gasteiger partial charge in [0.25, 0.3) is 0 Å². The number of aryl methyl sites for hydroxylation is 1. The third-order valence-electron chi connectivity index (χ3n) is 9.77. The summed E-state index contributed by atoms with van der Waals surface area (Å²) in [5.41, 5.74) is 4.66. The number of carboxylic acids is 1. The van der Waals surface area contributed by atoms with Gasteiger partial charge < -0.3 is 19.0 Å². The molecule has 6 heteroatoms. The molecule has 1 N–H and O–H groups in total. The number of furan rings is 1. The Bertz CT molecular complexity index is 1420. The molecule has 0 bridgehead atoms. The molecule has 6 nitrogen and oxygen atoms in total. The molecule has 226 valence electrons. The minimum absolute atomic E-state index is 0.0696. The van der Waals surface area contributed by atoms with Gasteiger partial charge in [-0.2, -0.15) is 0 Å². The molecule has 3 aromatic rings. The molecule has 1 saturated carbocycles. The van der Waals surface area contributed by atoms with Crippen LogP contribution in [0.2, 0.25) is 0 Å². The largest absolute Gasteiger partial charge is 0.496 e. The molecular formula is C36H47NO5. The summed E-state index contributed by atoms with van der Waals surface area (Å²) in [6.45, 7) is 11.4. The van der Waals surface area contributed by atoms with Crippen LogP contribution in [0, 0.1) is 23.2 Å². The third kappa shape index (κ3) is 6.20. The first-order valence-electron chi connectivity index (χ1n) is 15.9. The minimum atomic E-state index is -0.707. The first kappa shape index (κ1) is 29.1. The number of hydrogen-bond acceptors (Lipinski definition) is 5. The number of fused-ring (bicyclic) bond motifs is 2. The molecule has 3 aliphatic rings. The van der Waals surface area contributed by atoms with Crippen LogP contribution in [0.3, 0.4) is 0 Å². The summed E-state index contributed by atoms with van der Waals surface area (Å²) in [7, 11) is 1.74. The molecule has 42 heavy (non-hydrogen) atoms. The Morgan fingerprint density at radius 3 is 2.50 bits per heavy atom. The highest BCUT2D eigenvalue weighted by atomic mass is 16.5. The topological polar surface area (TPSA) is 72.1 Å². The van der Waals surface area contributed by atoms with E-state index in [-0.39, 0.29) is 23.4 Å². The molecule has 1 aliphatic carbocycles. The lowest BCUT2D eigenvalue weighted by Crippen LogP contribution is -2.40. The van der Waals surface area contributed by atoms with Gasteiger partial charge in [-0.15, -0.1) is 0 Å². The van der Waals surface area contributed by atoms with Crippen LogP contribution in [0.1, 0.15) is 88.2 Å². The quantitative estimate of drug-likeness (QED) is 0.281. The molecule has 0 amide bonds. The van der Waals surface area contributed by atoms with Gasteiger partial charge in [-0.1, -0.05) is 39.8 Å². The molecule has 2 aromatic carbocycles. The summed E-state index contributed by atoms with van der Waals surface area (Å²) in [6, 6.07) is 12.9. The number of rotatable bonds is 9. The second-order valence-corrected chi connectivity index (χ2v) is 14.3. The number of ether oxygens (including phenoxy) is 2. The fraction of sp³-hybridized carbons (Fsp3) is 0.583. The van der Waals surface area contributed by atoms with E-state index in [1.807, 2.05) is 6.92 Å². The van der Waals surface area contributed by atoms with Crippen LogP contribution in [0.4, 0.5) is 0 Å². The van der Waals surface area contributed by atoms with Crippen molar-refractivity contribution >= 4 is 16.9 Å². The molecule has 6 rings (SSSR count). The maximum atomic E-state index is 11.8. The molecule has 1 aromatic heterocycles. The highest BCUT2D eigenvalue weighted by molar-refractivity contribution is 5.83. The van der Waals surface area contributed by atoms with Gasteiger partial charge in [-0.05, 0) is 110 Å². The molecule has 3 heterocycles. The van der Waals surface area contributed by atoms with Gasteiger partial charge in [0.05, 0.1) is 18.6 Å². The van der Waals surface area contributed by atoms with Gasteiger partial charge in [-0.3, -0.25) is 9.69 Å². The first-order chi connectivity index (χ1) is 20.1. The molecule has 3 atom stereocenters. The first-order valence-corrected chi connectivity index (χ1v) is 15.9. The lowest BCUT2D eigenvalue weighted by molar-refractivity contribution is -0.142. The maximum absolute atomic E-state index is 11.8. The summed E-state index contributed by atoms with van der Waals surface area (Å²) in [4.78, 5) is 14.4. The van der Waals surface area contributed by atoms with Crippen molar-refractivity contribution in [2.24, 2.45) is 23.2 Å². The SMILES string of the molecule is COc1ccc2cc(CC(C)(C)C)oc2c1CN1CCC([C@H]2CCc3ccc([C@H](C4CC4)[C@H](C)C(=O)O)cc3O2)CC1. The molecule has 0 spiro atoms. The molecule has 0 unspecified atom stereocenters. The Kier molecular flexibility index (Phi) is 8.03. The minimum Gasteiger partial charge on any atom is -0.496 e. The Morgan fingerprint density at radius 2 is 1.83 bits per heavy atom. The number of aliphatic carboxylic acids is 1. The van der Waals surface area contributed by atoms with Crippen LogP contribution in [0.25, 0.3) is 11.0 Å². The summed E-state index contributed by atoms with van der Waals surface area (Å²) in [5, 5.41) is 10.9. The Balaban J connectivity index is 1.12. The van der Waals surface area contributed by atoms with Crippen molar-refractivity contribution in [3.05, 3.63) is 58.8 Å². The highest BCUT2D eigenvalue weighted by Crippen LogP contribution is 2.48. The Hall–Kier alpha value is -2.99. The average Bonchev–Trinajstić information content (AvgIpc) is 3.71. The Labute approximate surface area is 250 Å². The van der Waals surface area contributed by atoms with Gasteiger partial charge in [0, 0.05) is 18.4 Å². The fourth-order valence-corrected chi connectivity index (χ4v) is 7.38.